The second-order valence-corrected chi connectivity index (χ2v) is 12.7. The summed E-state index contributed by atoms with van der Waals surface area (Å²) in [6.45, 7) is 5.19. The number of nitrogens with zero attached hydrogens (tertiary/aromatic N) is 2. The minimum Gasteiger partial charge on any atom is -0.457 e. The molecule has 2 aromatic rings. The van der Waals surface area contributed by atoms with Crippen molar-refractivity contribution in [1.82, 2.24) is 20.4 Å². The van der Waals surface area contributed by atoms with Crippen LogP contribution in [0.1, 0.15) is 87.1 Å². The van der Waals surface area contributed by atoms with Gasteiger partial charge in [0.1, 0.15) is 23.1 Å². The minimum atomic E-state index is -0.738. The van der Waals surface area contributed by atoms with E-state index >= 15 is 0 Å². The summed E-state index contributed by atoms with van der Waals surface area (Å²) in [7, 11) is 0. The van der Waals surface area contributed by atoms with Gasteiger partial charge in [-0.15, -0.1) is 0 Å². The molecule has 9 heteroatoms. The fraction of sp³-hybridized carbons (Fsp3) is 0.571. The number of hydrogen-bond donors (Lipinski definition) is 3. The number of aliphatic hydroxyl groups is 1. The number of rotatable bonds is 12. The Morgan fingerprint density at radius 2 is 1.66 bits per heavy atom. The number of piperazine rings is 1. The number of aliphatic hydroxyl groups excluding tert-OH is 1. The third-order valence-electron chi connectivity index (χ3n) is 9.60. The van der Waals surface area contributed by atoms with Crippen molar-refractivity contribution in [3.63, 3.8) is 0 Å². The van der Waals surface area contributed by atoms with Gasteiger partial charge in [0.25, 0.3) is 5.91 Å². The zero-order valence-corrected chi connectivity index (χ0v) is 26.1. The normalized spacial score (nSPS) is 20.9. The molecule has 3 N–H and O–H groups in total. The molecule has 0 bridgehead atoms. The van der Waals surface area contributed by atoms with E-state index in [9.17, 15) is 14.4 Å². The summed E-state index contributed by atoms with van der Waals surface area (Å²) in [5.41, 5.74) is 0.925. The molecule has 0 radical (unpaired) electrons. The molecule has 2 saturated heterocycles. The van der Waals surface area contributed by atoms with Crippen molar-refractivity contribution in [2.75, 3.05) is 32.8 Å². The predicted octanol–water partition coefficient (Wildman–Crippen LogP) is 4.63. The first-order chi connectivity index (χ1) is 21.4. The van der Waals surface area contributed by atoms with Crippen LogP contribution in [0.25, 0.3) is 0 Å². The van der Waals surface area contributed by atoms with E-state index in [1.54, 1.807) is 24.3 Å². The number of amides is 3. The molecular weight excluding hydrogens is 556 g/mol. The van der Waals surface area contributed by atoms with E-state index < -0.39 is 5.54 Å². The first kappa shape index (κ1) is 32.0. The van der Waals surface area contributed by atoms with Crippen molar-refractivity contribution in [2.45, 2.75) is 89.3 Å². The Morgan fingerprint density at radius 3 is 2.30 bits per heavy atom. The smallest absolute Gasteiger partial charge is 0.251 e. The van der Waals surface area contributed by atoms with Crippen molar-refractivity contribution < 1.29 is 24.2 Å². The highest BCUT2D eigenvalue weighted by Crippen LogP contribution is 2.36. The van der Waals surface area contributed by atoms with E-state index in [2.05, 4.69) is 34.6 Å². The van der Waals surface area contributed by atoms with Crippen LogP contribution in [-0.2, 0) is 16.1 Å². The summed E-state index contributed by atoms with van der Waals surface area (Å²) in [6.07, 6.45) is 10.1. The van der Waals surface area contributed by atoms with Crippen LogP contribution in [0, 0.1) is 5.92 Å². The van der Waals surface area contributed by atoms with Crippen LogP contribution in [0.2, 0.25) is 0 Å². The number of carbonyl (C=O) groups excluding carboxylic acids is 3. The summed E-state index contributed by atoms with van der Waals surface area (Å²) in [4.78, 5) is 43.9. The number of hydrogen-bond acceptors (Lipinski definition) is 6. The van der Waals surface area contributed by atoms with Crippen LogP contribution in [0.15, 0.2) is 48.5 Å². The lowest BCUT2D eigenvalue weighted by atomic mass is 9.79. The highest BCUT2D eigenvalue weighted by molar-refractivity contribution is 6.00. The lowest BCUT2D eigenvalue weighted by Gasteiger charge is -2.52. The van der Waals surface area contributed by atoms with Gasteiger partial charge in [-0.2, -0.15) is 0 Å². The molecule has 1 atom stereocenters. The molecule has 3 aliphatic rings. The van der Waals surface area contributed by atoms with E-state index in [0.29, 0.717) is 42.4 Å². The SMILES string of the molecule is CCCCN1C(=O)[C@H](CC2CCCCC2)NC(=O)C12CCN(Cc1ccc(Oc3ccc(C(=O)NCCO)cc3)cc1)CC2. The van der Waals surface area contributed by atoms with Crippen molar-refractivity contribution in [3.8, 4) is 11.5 Å². The van der Waals surface area contributed by atoms with E-state index in [4.69, 9.17) is 9.84 Å². The Morgan fingerprint density at radius 1 is 1.00 bits per heavy atom. The predicted molar refractivity (Wildman–Crippen MR) is 169 cm³/mol. The monoisotopic (exact) mass is 604 g/mol. The maximum Gasteiger partial charge on any atom is 0.251 e. The van der Waals surface area contributed by atoms with Gasteiger partial charge in [0, 0.05) is 38.3 Å². The number of carbonyl (C=O) groups is 3. The van der Waals surface area contributed by atoms with E-state index in [-0.39, 0.29) is 36.9 Å². The Balaban J connectivity index is 1.15. The zero-order chi connectivity index (χ0) is 30.9. The van der Waals surface area contributed by atoms with Crippen molar-refractivity contribution >= 4 is 17.7 Å². The fourth-order valence-electron chi connectivity index (χ4n) is 7.01. The second-order valence-electron chi connectivity index (χ2n) is 12.7. The van der Waals surface area contributed by atoms with Gasteiger partial charge < -0.3 is 25.4 Å². The largest absolute Gasteiger partial charge is 0.457 e. The molecule has 1 saturated carbocycles. The summed E-state index contributed by atoms with van der Waals surface area (Å²) in [5.74, 6) is 1.82. The van der Waals surface area contributed by atoms with Gasteiger partial charge in [0.15, 0.2) is 0 Å². The molecule has 0 unspecified atom stereocenters. The molecule has 5 rings (SSSR count). The lowest BCUT2D eigenvalue weighted by molar-refractivity contribution is -0.162. The molecule has 1 spiro atoms. The standard InChI is InChI=1S/C35H48N4O5/c1-2-3-20-39-33(42)31(24-26-7-5-4-6-8-26)37-34(43)35(39)17-21-38(22-18-35)25-27-9-13-29(14-10-27)44-30-15-11-28(12-16-30)32(41)36-19-23-40/h9-16,26,31,40H,2-8,17-25H2,1H3,(H,36,41)(H,37,43)/t31-/m0/s1. The van der Waals surface area contributed by atoms with Gasteiger partial charge in [-0.1, -0.05) is 57.6 Å². The molecule has 2 aliphatic heterocycles. The summed E-state index contributed by atoms with van der Waals surface area (Å²) in [6, 6.07) is 14.5. The lowest BCUT2D eigenvalue weighted by Crippen LogP contribution is -2.73. The van der Waals surface area contributed by atoms with E-state index in [1.165, 1.54) is 32.1 Å². The van der Waals surface area contributed by atoms with Crippen LogP contribution in [0.5, 0.6) is 11.5 Å². The first-order valence-corrected chi connectivity index (χ1v) is 16.5. The molecule has 0 aromatic heterocycles. The molecule has 2 aromatic carbocycles. The Bertz CT molecular complexity index is 1250. The molecule has 44 heavy (non-hydrogen) atoms. The molecule has 1 aliphatic carbocycles. The maximum atomic E-state index is 13.8. The second kappa shape index (κ2) is 15.0. The van der Waals surface area contributed by atoms with Crippen LogP contribution in [0.4, 0.5) is 0 Å². The minimum absolute atomic E-state index is 0.0500. The van der Waals surface area contributed by atoms with Crippen LogP contribution in [0.3, 0.4) is 0 Å². The highest BCUT2D eigenvalue weighted by Gasteiger charge is 2.53. The maximum absolute atomic E-state index is 13.8. The number of benzene rings is 2. The van der Waals surface area contributed by atoms with Gasteiger partial charge in [-0.25, -0.2) is 0 Å². The average Bonchev–Trinajstić information content (AvgIpc) is 3.05. The summed E-state index contributed by atoms with van der Waals surface area (Å²) >= 11 is 0. The fourth-order valence-corrected chi connectivity index (χ4v) is 7.01. The Kier molecular flexibility index (Phi) is 10.9. The summed E-state index contributed by atoms with van der Waals surface area (Å²) < 4.78 is 5.97. The van der Waals surface area contributed by atoms with Gasteiger partial charge in [-0.3, -0.25) is 19.3 Å². The summed E-state index contributed by atoms with van der Waals surface area (Å²) in [5, 5.41) is 14.7. The van der Waals surface area contributed by atoms with Crippen molar-refractivity contribution in [3.05, 3.63) is 59.7 Å². The molecule has 238 valence electrons. The van der Waals surface area contributed by atoms with Gasteiger partial charge in [-0.05, 0) is 73.6 Å². The molecule has 3 fully saturated rings. The van der Waals surface area contributed by atoms with Gasteiger partial charge in [0.05, 0.1) is 6.61 Å². The zero-order valence-electron chi connectivity index (χ0n) is 26.1. The quantitative estimate of drug-likeness (QED) is 0.326. The first-order valence-electron chi connectivity index (χ1n) is 16.5. The van der Waals surface area contributed by atoms with E-state index in [1.807, 2.05) is 17.0 Å². The molecule has 9 nitrogen and oxygen atoms in total. The third kappa shape index (κ3) is 7.61. The van der Waals surface area contributed by atoms with Crippen molar-refractivity contribution in [1.29, 1.82) is 0 Å². The number of nitrogens with one attached hydrogen (secondary N) is 2. The third-order valence-corrected chi connectivity index (χ3v) is 9.60. The number of piperidine rings is 1. The average molecular weight is 605 g/mol. The number of ether oxygens (including phenoxy) is 1. The Labute approximate surface area is 261 Å². The Hall–Kier alpha value is -3.43. The molecule has 2 heterocycles. The topological polar surface area (TPSA) is 111 Å². The highest BCUT2D eigenvalue weighted by atomic mass is 16.5. The number of likely N-dealkylation sites (tertiary alicyclic amines) is 1. The van der Waals surface area contributed by atoms with Gasteiger partial charge in [0.2, 0.25) is 11.8 Å². The van der Waals surface area contributed by atoms with Crippen LogP contribution >= 0.6 is 0 Å². The number of unbranched alkanes of at least 4 members (excludes halogenated alkanes) is 1. The molecule has 3 amide bonds. The van der Waals surface area contributed by atoms with E-state index in [0.717, 1.165) is 44.5 Å². The van der Waals surface area contributed by atoms with Gasteiger partial charge >= 0.3 is 0 Å². The van der Waals surface area contributed by atoms with Crippen molar-refractivity contribution in [2.24, 2.45) is 5.92 Å². The molecular formula is C35H48N4O5. The van der Waals surface area contributed by atoms with Crippen LogP contribution in [-0.4, -0.2) is 77.0 Å². The van der Waals surface area contributed by atoms with Crippen LogP contribution < -0.4 is 15.4 Å².